The number of sulfonamides is 1. The zero-order chi connectivity index (χ0) is 18.6. The van der Waals surface area contributed by atoms with Crippen LogP contribution in [0.5, 0.6) is 0 Å². The van der Waals surface area contributed by atoms with E-state index in [9.17, 15) is 8.42 Å². The molecule has 1 aromatic carbocycles. The number of nitrogens with zero attached hydrogens (tertiary/aromatic N) is 3. The molecule has 0 spiro atoms. The summed E-state index contributed by atoms with van der Waals surface area (Å²) in [6, 6.07) is 11.7. The van der Waals surface area contributed by atoms with Gasteiger partial charge in [-0.1, -0.05) is 35.9 Å². The summed E-state index contributed by atoms with van der Waals surface area (Å²) >= 11 is 2.51. The number of nitrogens with one attached hydrogen (secondary N) is 1. The average Bonchev–Trinajstić information content (AvgIpc) is 3.29. The maximum absolute atomic E-state index is 12.4. The molecule has 0 radical (unpaired) electrons. The van der Waals surface area contributed by atoms with Crippen LogP contribution in [-0.4, -0.2) is 42.2 Å². The van der Waals surface area contributed by atoms with Crippen molar-refractivity contribution in [2.45, 2.75) is 17.6 Å². The van der Waals surface area contributed by atoms with Crippen LogP contribution in [0.3, 0.4) is 0 Å². The standard InChI is InChI=1S/C17H20N4O2S3/c1-13-5-7-14(8-6-13)12-15-19-17(25-20-15)18-9-10-21(2)26(22,23)16-4-3-11-24-16/h3-8,11H,9-10,12H2,1-2H3,(H,18,19,20). The minimum atomic E-state index is -3.41. The Labute approximate surface area is 161 Å². The second kappa shape index (κ2) is 8.26. The number of aryl methyl sites for hydroxylation is 1. The fourth-order valence-electron chi connectivity index (χ4n) is 2.29. The van der Waals surface area contributed by atoms with Crippen molar-refractivity contribution in [3.63, 3.8) is 0 Å². The van der Waals surface area contributed by atoms with Gasteiger partial charge in [0.1, 0.15) is 10.0 Å². The lowest BCUT2D eigenvalue weighted by atomic mass is 10.1. The van der Waals surface area contributed by atoms with Crippen LogP contribution in [0.1, 0.15) is 17.0 Å². The molecule has 6 nitrogen and oxygen atoms in total. The SMILES string of the molecule is Cc1ccc(Cc2nsc(NCCN(C)S(=O)(=O)c3cccs3)n2)cc1. The molecular formula is C17H20N4O2S3. The lowest BCUT2D eigenvalue weighted by Gasteiger charge is -2.15. The lowest BCUT2D eigenvalue weighted by Crippen LogP contribution is -2.31. The average molecular weight is 409 g/mol. The number of thiophene rings is 1. The molecule has 0 fully saturated rings. The number of hydrogen-bond donors (Lipinski definition) is 1. The van der Waals surface area contributed by atoms with E-state index in [4.69, 9.17) is 0 Å². The first kappa shape index (κ1) is 19.0. The fraction of sp³-hybridized carbons (Fsp3) is 0.294. The summed E-state index contributed by atoms with van der Waals surface area (Å²) in [4.78, 5) is 4.47. The molecule has 0 bridgehead atoms. The van der Waals surface area contributed by atoms with Gasteiger partial charge in [-0.15, -0.1) is 11.3 Å². The van der Waals surface area contributed by atoms with Crippen molar-refractivity contribution >= 4 is 38.0 Å². The Morgan fingerprint density at radius 1 is 1.19 bits per heavy atom. The lowest BCUT2D eigenvalue weighted by molar-refractivity contribution is 0.482. The summed E-state index contributed by atoms with van der Waals surface area (Å²) in [5.41, 5.74) is 2.39. The monoisotopic (exact) mass is 408 g/mol. The Kier molecular flexibility index (Phi) is 6.02. The van der Waals surface area contributed by atoms with Crippen molar-refractivity contribution in [1.29, 1.82) is 0 Å². The molecule has 2 aromatic heterocycles. The van der Waals surface area contributed by atoms with Crippen LogP contribution in [0.25, 0.3) is 0 Å². The maximum Gasteiger partial charge on any atom is 0.252 e. The second-order valence-electron chi connectivity index (χ2n) is 5.86. The molecule has 0 aliphatic carbocycles. The Morgan fingerprint density at radius 3 is 2.65 bits per heavy atom. The fourth-order valence-corrected chi connectivity index (χ4v) is 5.27. The minimum absolute atomic E-state index is 0.354. The van der Waals surface area contributed by atoms with Crippen molar-refractivity contribution < 1.29 is 8.42 Å². The van der Waals surface area contributed by atoms with E-state index in [-0.39, 0.29) is 0 Å². The van der Waals surface area contributed by atoms with Gasteiger partial charge in [-0.25, -0.2) is 13.4 Å². The highest BCUT2D eigenvalue weighted by Gasteiger charge is 2.21. The molecule has 3 rings (SSSR count). The highest BCUT2D eigenvalue weighted by atomic mass is 32.2. The van der Waals surface area contributed by atoms with Crippen LogP contribution < -0.4 is 5.32 Å². The third kappa shape index (κ3) is 4.67. The van der Waals surface area contributed by atoms with Gasteiger partial charge >= 0.3 is 0 Å². The van der Waals surface area contributed by atoms with Crippen molar-refractivity contribution in [3.05, 3.63) is 58.7 Å². The molecule has 0 aliphatic rings. The molecule has 0 amide bonds. The smallest absolute Gasteiger partial charge is 0.252 e. The molecule has 0 atom stereocenters. The molecule has 26 heavy (non-hydrogen) atoms. The van der Waals surface area contributed by atoms with Gasteiger partial charge in [0.25, 0.3) is 10.0 Å². The van der Waals surface area contributed by atoms with Crippen molar-refractivity contribution in [3.8, 4) is 0 Å². The summed E-state index contributed by atoms with van der Waals surface area (Å²) in [6.07, 6.45) is 0.686. The molecule has 0 aliphatic heterocycles. The van der Waals surface area contributed by atoms with Gasteiger partial charge < -0.3 is 5.32 Å². The van der Waals surface area contributed by atoms with E-state index in [2.05, 4.69) is 45.9 Å². The van der Waals surface area contributed by atoms with E-state index in [1.54, 1.807) is 24.6 Å². The number of benzene rings is 1. The number of rotatable bonds is 8. The summed E-state index contributed by atoms with van der Waals surface area (Å²) in [5.74, 6) is 0.765. The molecule has 138 valence electrons. The highest BCUT2D eigenvalue weighted by Crippen LogP contribution is 2.20. The molecular weight excluding hydrogens is 388 g/mol. The Morgan fingerprint density at radius 2 is 1.96 bits per heavy atom. The number of likely N-dealkylation sites (N-methyl/N-ethyl adjacent to an activating group) is 1. The van der Waals surface area contributed by atoms with E-state index in [0.29, 0.717) is 28.9 Å². The molecule has 9 heteroatoms. The first-order chi connectivity index (χ1) is 12.4. The number of anilines is 1. The molecule has 3 aromatic rings. The second-order valence-corrected chi connectivity index (χ2v) is 9.83. The van der Waals surface area contributed by atoms with Crippen LogP contribution in [0, 0.1) is 6.92 Å². The van der Waals surface area contributed by atoms with Crippen LogP contribution in [-0.2, 0) is 16.4 Å². The summed E-state index contributed by atoms with van der Waals surface area (Å²) < 4.78 is 30.8. The van der Waals surface area contributed by atoms with E-state index in [1.165, 1.54) is 38.3 Å². The van der Waals surface area contributed by atoms with Crippen LogP contribution in [0.15, 0.2) is 46.0 Å². The Bertz CT molecular complexity index is 935. The highest BCUT2D eigenvalue weighted by molar-refractivity contribution is 7.91. The quantitative estimate of drug-likeness (QED) is 0.619. The zero-order valence-electron chi connectivity index (χ0n) is 14.5. The summed E-state index contributed by atoms with van der Waals surface area (Å²) in [6.45, 7) is 2.88. The first-order valence-electron chi connectivity index (χ1n) is 8.07. The van der Waals surface area contributed by atoms with Gasteiger partial charge in [-0.2, -0.15) is 8.68 Å². The third-order valence-electron chi connectivity index (χ3n) is 3.81. The summed E-state index contributed by atoms with van der Waals surface area (Å²) in [5, 5.41) is 5.61. The van der Waals surface area contributed by atoms with E-state index in [0.717, 1.165) is 5.82 Å². The minimum Gasteiger partial charge on any atom is -0.359 e. The van der Waals surface area contributed by atoms with Crippen LogP contribution in [0.4, 0.5) is 5.13 Å². The van der Waals surface area contributed by atoms with Crippen molar-refractivity contribution in [2.24, 2.45) is 0 Å². The molecule has 1 N–H and O–H groups in total. The van der Waals surface area contributed by atoms with Gasteiger partial charge in [0.2, 0.25) is 5.13 Å². The maximum atomic E-state index is 12.4. The van der Waals surface area contributed by atoms with Gasteiger partial charge in [0, 0.05) is 38.1 Å². The first-order valence-corrected chi connectivity index (χ1v) is 11.2. The molecule has 0 saturated carbocycles. The van der Waals surface area contributed by atoms with Gasteiger partial charge in [-0.05, 0) is 23.9 Å². The number of aromatic nitrogens is 2. The number of hydrogen-bond acceptors (Lipinski definition) is 7. The normalized spacial score (nSPS) is 11.8. The van der Waals surface area contributed by atoms with Gasteiger partial charge in [0.05, 0.1) is 0 Å². The molecule has 0 saturated heterocycles. The summed E-state index contributed by atoms with van der Waals surface area (Å²) in [7, 11) is -1.83. The van der Waals surface area contributed by atoms with Crippen LogP contribution >= 0.6 is 22.9 Å². The largest absolute Gasteiger partial charge is 0.359 e. The van der Waals surface area contributed by atoms with E-state index < -0.39 is 10.0 Å². The topological polar surface area (TPSA) is 75.2 Å². The van der Waals surface area contributed by atoms with Crippen LogP contribution in [0.2, 0.25) is 0 Å². The zero-order valence-corrected chi connectivity index (χ0v) is 17.0. The molecule has 0 unspecified atom stereocenters. The van der Waals surface area contributed by atoms with Gasteiger partial charge in [-0.3, -0.25) is 0 Å². The third-order valence-corrected chi connectivity index (χ3v) is 7.75. The predicted molar refractivity (Wildman–Crippen MR) is 107 cm³/mol. The van der Waals surface area contributed by atoms with Crippen molar-refractivity contribution in [2.75, 3.05) is 25.5 Å². The van der Waals surface area contributed by atoms with Crippen molar-refractivity contribution in [1.82, 2.24) is 13.7 Å². The Hall–Kier alpha value is -1.81. The molecule has 2 heterocycles. The Balaban J connectivity index is 1.51. The van der Waals surface area contributed by atoms with Gasteiger partial charge in [0.15, 0.2) is 0 Å². The van der Waals surface area contributed by atoms with E-state index >= 15 is 0 Å². The van der Waals surface area contributed by atoms with E-state index in [1.807, 2.05) is 0 Å². The predicted octanol–water partition coefficient (Wildman–Crippen LogP) is 3.23.